The molecule has 0 spiro atoms. The summed E-state index contributed by atoms with van der Waals surface area (Å²) in [6.45, 7) is -0.255. The van der Waals surface area contributed by atoms with E-state index < -0.39 is 21.0 Å². The molecule has 1 aromatic rings. The highest BCUT2D eigenvalue weighted by atomic mass is 32.2. The van der Waals surface area contributed by atoms with Crippen LogP contribution in [0.25, 0.3) is 0 Å². The van der Waals surface area contributed by atoms with E-state index in [1.54, 1.807) is 12.1 Å². The van der Waals surface area contributed by atoms with Gasteiger partial charge in [0, 0.05) is 17.4 Å². The van der Waals surface area contributed by atoms with E-state index in [2.05, 4.69) is 17.1 Å². The number of thioether (sulfide) groups is 2. The first kappa shape index (κ1) is 23.4. The summed E-state index contributed by atoms with van der Waals surface area (Å²) < 4.78 is 15.1. The fourth-order valence-corrected chi connectivity index (χ4v) is 7.49. The molecule has 31 heavy (non-hydrogen) atoms. The molecular weight excluding hydrogens is 440 g/mol. The normalized spacial score (nSPS) is 27.5. The van der Waals surface area contributed by atoms with Crippen molar-refractivity contribution in [1.29, 1.82) is 10.5 Å². The molecule has 2 aliphatic rings. The van der Waals surface area contributed by atoms with Gasteiger partial charge in [0.25, 0.3) is 0 Å². The molecule has 0 bridgehead atoms. The summed E-state index contributed by atoms with van der Waals surface area (Å²) in [4.78, 5) is 4.57. The van der Waals surface area contributed by atoms with E-state index >= 15 is 0 Å². The maximum absolute atomic E-state index is 10.4. The predicted octanol–water partition coefficient (Wildman–Crippen LogP) is 1.31. The van der Waals surface area contributed by atoms with Gasteiger partial charge in [-0.25, -0.2) is 4.99 Å². The van der Waals surface area contributed by atoms with Crippen LogP contribution < -0.4 is 19.9 Å². The van der Waals surface area contributed by atoms with E-state index in [0.29, 0.717) is 34.3 Å². The summed E-state index contributed by atoms with van der Waals surface area (Å²) in [5.74, 6) is 1.24. The number of benzene rings is 1. The highest BCUT2D eigenvalue weighted by Crippen LogP contribution is 2.85. The first-order chi connectivity index (χ1) is 14.9. The van der Waals surface area contributed by atoms with Gasteiger partial charge in [-0.15, -0.1) is 23.5 Å². The second-order valence-corrected chi connectivity index (χ2v) is 9.79. The van der Waals surface area contributed by atoms with Crippen molar-refractivity contribution in [3.8, 4) is 29.4 Å². The average Bonchev–Trinajstić information content (AvgIpc) is 3.38. The number of methoxy groups -OCH3 is 3. The van der Waals surface area contributed by atoms with Gasteiger partial charge < -0.3 is 30.2 Å². The predicted molar refractivity (Wildman–Crippen MR) is 118 cm³/mol. The zero-order valence-corrected chi connectivity index (χ0v) is 19.0. The first-order valence-corrected chi connectivity index (χ1v) is 11.4. The number of nitrogens with zero attached hydrogens (tertiary/aromatic N) is 3. The SMILES string of the molecule is COc1cc([C@H]2[C@@]3(C#N)C(SCCO)(SCCO)N=C(N)[C@]23C#N)cc(OC)c1OC. The van der Waals surface area contributed by atoms with Crippen LogP contribution in [0, 0.1) is 33.5 Å². The van der Waals surface area contributed by atoms with Gasteiger partial charge in [0.2, 0.25) is 5.75 Å². The minimum atomic E-state index is -1.35. The monoisotopic (exact) mass is 464 g/mol. The first-order valence-electron chi connectivity index (χ1n) is 9.41. The van der Waals surface area contributed by atoms with Crippen LogP contribution in [0.15, 0.2) is 17.1 Å². The Hall–Kier alpha value is -2.31. The smallest absolute Gasteiger partial charge is 0.203 e. The Balaban J connectivity index is 2.23. The molecule has 1 aromatic carbocycles. The van der Waals surface area contributed by atoms with Crippen molar-refractivity contribution in [2.24, 2.45) is 21.6 Å². The number of ether oxygens (including phenoxy) is 3. The van der Waals surface area contributed by atoms with Crippen LogP contribution in [0.3, 0.4) is 0 Å². The van der Waals surface area contributed by atoms with Crippen LogP contribution in [-0.2, 0) is 0 Å². The van der Waals surface area contributed by atoms with Crippen LogP contribution in [0.5, 0.6) is 17.2 Å². The van der Waals surface area contributed by atoms with E-state index in [-0.39, 0.29) is 19.0 Å². The van der Waals surface area contributed by atoms with Crippen molar-refractivity contribution in [2.75, 3.05) is 46.0 Å². The summed E-state index contributed by atoms with van der Waals surface area (Å²) in [7, 11) is 4.47. The fraction of sp³-hybridized carbons (Fsp3) is 0.550. The van der Waals surface area contributed by atoms with Crippen LogP contribution in [0.2, 0.25) is 0 Å². The molecule has 166 valence electrons. The van der Waals surface area contributed by atoms with Gasteiger partial charge in [-0.2, -0.15) is 10.5 Å². The Labute approximate surface area is 189 Å². The highest BCUT2D eigenvalue weighted by molar-refractivity contribution is 8.18. The second-order valence-electron chi connectivity index (χ2n) is 6.95. The highest BCUT2D eigenvalue weighted by Gasteiger charge is 2.92. The number of hydrogen-bond donors (Lipinski definition) is 3. The second kappa shape index (κ2) is 8.67. The topological polar surface area (TPSA) is 154 Å². The number of rotatable bonds is 10. The molecule has 0 amide bonds. The Morgan fingerprint density at radius 3 is 1.97 bits per heavy atom. The number of nitrogens with two attached hydrogens (primary N) is 1. The molecule has 4 N–H and O–H groups in total. The lowest BCUT2D eigenvalue weighted by molar-refractivity contribution is 0.321. The van der Waals surface area contributed by atoms with E-state index in [1.165, 1.54) is 44.9 Å². The molecular formula is C20H24N4O5S2. The Morgan fingerprint density at radius 2 is 1.58 bits per heavy atom. The van der Waals surface area contributed by atoms with Crippen molar-refractivity contribution in [3.63, 3.8) is 0 Å². The number of fused-ring (bicyclic) bond motifs is 1. The van der Waals surface area contributed by atoms with Crippen molar-refractivity contribution in [1.82, 2.24) is 0 Å². The number of aliphatic hydroxyl groups excluding tert-OH is 2. The molecule has 0 saturated heterocycles. The number of hydrogen-bond acceptors (Lipinski definition) is 11. The summed E-state index contributed by atoms with van der Waals surface area (Å²) >= 11 is 2.52. The number of amidine groups is 1. The molecule has 3 atom stereocenters. The van der Waals surface area contributed by atoms with Gasteiger partial charge in [0.05, 0.1) is 46.7 Å². The molecule has 1 heterocycles. The molecule has 1 saturated carbocycles. The van der Waals surface area contributed by atoms with Gasteiger partial charge in [-0.1, -0.05) is 0 Å². The molecule has 11 heteroatoms. The lowest BCUT2D eigenvalue weighted by Crippen LogP contribution is -2.32. The van der Waals surface area contributed by atoms with Gasteiger partial charge >= 0.3 is 0 Å². The number of aliphatic hydroxyl groups is 2. The van der Waals surface area contributed by atoms with Crippen molar-refractivity contribution < 1.29 is 24.4 Å². The molecule has 9 nitrogen and oxygen atoms in total. The lowest BCUT2D eigenvalue weighted by atomic mass is 9.97. The maximum atomic E-state index is 10.4. The van der Waals surface area contributed by atoms with E-state index in [4.69, 9.17) is 19.9 Å². The Kier molecular flexibility index (Phi) is 6.53. The molecule has 3 rings (SSSR count). The average molecular weight is 465 g/mol. The molecule has 1 fully saturated rings. The van der Waals surface area contributed by atoms with Crippen molar-refractivity contribution in [2.45, 2.75) is 10.1 Å². The molecule has 1 aliphatic carbocycles. The lowest BCUT2D eigenvalue weighted by Gasteiger charge is -2.31. The van der Waals surface area contributed by atoms with Crippen LogP contribution in [0.1, 0.15) is 11.5 Å². The number of nitriles is 2. The number of aliphatic imine (C=N–C) groups is 1. The summed E-state index contributed by atoms with van der Waals surface area (Å²) in [6.07, 6.45) is 0. The van der Waals surface area contributed by atoms with E-state index in [0.717, 1.165) is 0 Å². The molecule has 1 aliphatic heterocycles. The summed E-state index contributed by atoms with van der Waals surface area (Å²) in [5.41, 5.74) is 4.29. The molecule has 0 radical (unpaired) electrons. The quantitative estimate of drug-likeness (QED) is 0.432. The Morgan fingerprint density at radius 1 is 1.03 bits per heavy atom. The summed E-state index contributed by atoms with van der Waals surface area (Å²) in [6, 6.07) is 8.07. The minimum absolute atomic E-state index is 0.0752. The van der Waals surface area contributed by atoms with Gasteiger partial charge in [-0.05, 0) is 17.7 Å². The van der Waals surface area contributed by atoms with Crippen LogP contribution in [-0.4, -0.2) is 66.3 Å². The third-order valence-electron chi connectivity index (χ3n) is 5.73. The van der Waals surface area contributed by atoms with Crippen molar-refractivity contribution >= 4 is 29.4 Å². The van der Waals surface area contributed by atoms with Gasteiger partial charge in [0.1, 0.15) is 16.7 Å². The third kappa shape index (κ3) is 2.95. The summed E-state index contributed by atoms with van der Waals surface area (Å²) in [5, 5.41) is 39.5. The minimum Gasteiger partial charge on any atom is -0.493 e. The van der Waals surface area contributed by atoms with E-state index in [9.17, 15) is 20.7 Å². The Bertz CT molecular complexity index is 942. The molecule has 0 aromatic heterocycles. The van der Waals surface area contributed by atoms with Gasteiger partial charge in [0.15, 0.2) is 15.7 Å². The zero-order valence-electron chi connectivity index (χ0n) is 17.4. The zero-order chi connectivity index (χ0) is 22.9. The standard InChI is InChI=1S/C20H24N4O5S2/c1-27-13-8-12(9-14(28-2)15(13)29-3)16-18(10-21)17(23)24-20(30-6-4-25,31-7-5-26)19(16,18)11-22/h8-9,16,25-26H,4-7H2,1-3H3,(H2,23,24)/t16-,18+,19-/m1/s1. The third-order valence-corrected chi connectivity index (χ3v) is 8.82. The molecule has 0 unspecified atom stereocenters. The van der Waals surface area contributed by atoms with Crippen LogP contribution in [0.4, 0.5) is 0 Å². The van der Waals surface area contributed by atoms with Gasteiger partial charge in [-0.3, -0.25) is 0 Å². The maximum Gasteiger partial charge on any atom is 0.203 e. The van der Waals surface area contributed by atoms with Crippen molar-refractivity contribution in [3.05, 3.63) is 17.7 Å². The fourth-order valence-electron chi connectivity index (χ4n) is 4.49. The van der Waals surface area contributed by atoms with E-state index in [1.807, 2.05) is 0 Å². The largest absolute Gasteiger partial charge is 0.493 e. The van der Waals surface area contributed by atoms with Crippen LogP contribution >= 0.6 is 23.5 Å².